The maximum Gasteiger partial charge on any atom is 0.191 e. The van der Waals surface area contributed by atoms with Crippen LogP contribution >= 0.6 is 47.2 Å². The smallest absolute Gasteiger partial charge is 0.191 e. The number of aliphatic imine (C=N–C) groups is 1. The lowest BCUT2D eigenvalue weighted by Crippen LogP contribution is -2.37. The standard InChI is InChI=1S/C17H20Cl2N4O.HI/c1-20-17(21-8-7-12-3-6-16(19)22-10-12)23-11-13-4-5-14(18)9-15(13)24-2;/h3-6,9-10H,7-8,11H2,1-2H3,(H2,20,21,23);1H. The van der Waals surface area contributed by atoms with Crippen LogP contribution in [0.25, 0.3) is 0 Å². The summed E-state index contributed by atoms with van der Waals surface area (Å²) in [6, 6.07) is 9.32. The number of ether oxygens (including phenoxy) is 1. The summed E-state index contributed by atoms with van der Waals surface area (Å²) in [6.07, 6.45) is 2.61. The Bertz CT molecular complexity index is 696. The Labute approximate surface area is 175 Å². The Balaban J connectivity index is 0.00000312. The van der Waals surface area contributed by atoms with E-state index in [-0.39, 0.29) is 24.0 Å². The Kier molecular flexibility index (Phi) is 9.92. The van der Waals surface area contributed by atoms with Crippen LogP contribution < -0.4 is 15.4 Å². The van der Waals surface area contributed by atoms with Crippen molar-refractivity contribution in [1.82, 2.24) is 15.6 Å². The molecule has 2 aromatic rings. The van der Waals surface area contributed by atoms with Gasteiger partial charge in [0.1, 0.15) is 10.9 Å². The number of rotatable bonds is 6. The molecule has 2 rings (SSSR count). The van der Waals surface area contributed by atoms with E-state index in [1.54, 1.807) is 32.5 Å². The van der Waals surface area contributed by atoms with Crippen molar-refractivity contribution < 1.29 is 4.74 Å². The lowest BCUT2D eigenvalue weighted by molar-refractivity contribution is 0.409. The van der Waals surface area contributed by atoms with Crippen LogP contribution in [0.5, 0.6) is 5.75 Å². The molecule has 0 unspecified atom stereocenters. The summed E-state index contributed by atoms with van der Waals surface area (Å²) < 4.78 is 5.34. The van der Waals surface area contributed by atoms with Gasteiger partial charge < -0.3 is 15.4 Å². The molecule has 0 aliphatic heterocycles. The molecule has 0 saturated heterocycles. The van der Waals surface area contributed by atoms with Gasteiger partial charge in [-0.05, 0) is 30.2 Å². The number of benzene rings is 1. The molecule has 25 heavy (non-hydrogen) atoms. The van der Waals surface area contributed by atoms with Gasteiger partial charge in [-0.3, -0.25) is 4.99 Å². The van der Waals surface area contributed by atoms with Crippen molar-refractivity contribution >= 4 is 53.1 Å². The van der Waals surface area contributed by atoms with Crippen molar-refractivity contribution in [3.63, 3.8) is 0 Å². The quantitative estimate of drug-likeness (QED) is 0.276. The fourth-order valence-corrected chi connectivity index (χ4v) is 2.42. The number of nitrogens with zero attached hydrogens (tertiary/aromatic N) is 2. The minimum absolute atomic E-state index is 0. The minimum atomic E-state index is 0. The summed E-state index contributed by atoms with van der Waals surface area (Å²) in [4.78, 5) is 8.28. The highest BCUT2D eigenvalue weighted by atomic mass is 127. The Morgan fingerprint density at radius 2 is 2.00 bits per heavy atom. The monoisotopic (exact) mass is 494 g/mol. The predicted octanol–water partition coefficient (Wildman–Crippen LogP) is 3.92. The molecule has 0 fully saturated rings. The molecule has 1 aromatic carbocycles. The zero-order chi connectivity index (χ0) is 17.4. The second-order valence-electron chi connectivity index (χ2n) is 5.05. The van der Waals surface area contributed by atoms with Gasteiger partial charge in [0.2, 0.25) is 0 Å². The molecule has 2 N–H and O–H groups in total. The van der Waals surface area contributed by atoms with E-state index in [4.69, 9.17) is 27.9 Å². The first-order chi connectivity index (χ1) is 11.6. The molecule has 0 atom stereocenters. The van der Waals surface area contributed by atoms with E-state index in [0.29, 0.717) is 22.7 Å². The van der Waals surface area contributed by atoms with Crippen LogP contribution in [0.2, 0.25) is 10.2 Å². The number of halogens is 3. The lowest BCUT2D eigenvalue weighted by Gasteiger charge is -2.14. The number of hydrogen-bond donors (Lipinski definition) is 2. The third-order valence-electron chi connectivity index (χ3n) is 3.41. The van der Waals surface area contributed by atoms with Gasteiger partial charge in [0.15, 0.2) is 5.96 Å². The topological polar surface area (TPSA) is 58.5 Å². The van der Waals surface area contributed by atoms with E-state index in [1.807, 2.05) is 18.2 Å². The summed E-state index contributed by atoms with van der Waals surface area (Å²) in [7, 11) is 3.36. The van der Waals surface area contributed by atoms with Gasteiger partial charge in [-0.2, -0.15) is 0 Å². The molecule has 0 radical (unpaired) electrons. The van der Waals surface area contributed by atoms with Crippen LogP contribution in [-0.2, 0) is 13.0 Å². The van der Waals surface area contributed by atoms with Gasteiger partial charge in [0.05, 0.1) is 7.11 Å². The third kappa shape index (κ3) is 7.25. The number of hydrogen-bond acceptors (Lipinski definition) is 3. The lowest BCUT2D eigenvalue weighted by atomic mass is 10.2. The number of nitrogens with one attached hydrogen (secondary N) is 2. The molecule has 1 heterocycles. The van der Waals surface area contributed by atoms with Crippen molar-refractivity contribution in [3.05, 3.63) is 57.8 Å². The number of pyridine rings is 1. The predicted molar refractivity (Wildman–Crippen MR) is 115 cm³/mol. The van der Waals surface area contributed by atoms with Crippen LogP contribution in [0.15, 0.2) is 41.5 Å². The van der Waals surface area contributed by atoms with Gasteiger partial charge in [-0.15, -0.1) is 24.0 Å². The minimum Gasteiger partial charge on any atom is -0.496 e. The van der Waals surface area contributed by atoms with E-state index in [1.165, 1.54) is 0 Å². The van der Waals surface area contributed by atoms with Gasteiger partial charge >= 0.3 is 0 Å². The molecule has 5 nitrogen and oxygen atoms in total. The summed E-state index contributed by atoms with van der Waals surface area (Å²) >= 11 is 11.8. The van der Waals surface area contributed by atoms with Gasteiger partial charge in [0, 0.05) is 36.9 Å². The Morgan fingerprint density at radius 1 is 1.20 bits per heavy atom. The molecule has 0 aliphatic carbocycles. The molecule has 0 bridgehead atoms. The molecule has 8 heteroatoms. The van der Waals surface area contributed by atoms with Crippen molar-refractivity contribution in [3.8, 4) is 5.75 Å². The van der Waals surface area contributed by atoms with E-state index in [9.17, 15) is 0 Å². The average molecular weight is 495 g/mol. The van der Waals surface area contributed by atoms with Crippen LogP contribution in [0.3, 0.4) is 0 Å². The molecule has 0 aliphatic rings. The van der Waals surface area contributed by atoms with Crippen molar-refractivity contribution in [2.45, 2.75) is 13.0 Å². The number of guanidine groups is 1. The van der Waals surface area contributed by atoms with Gasteiger partial charge in [-0.1, -0.05) is 35.3 Å². The zero-order valence-electron chi connectivity index (χ0n) is 14.1. The first kappa shape index (κ1) is 21.8. The summed E-state index contributed by atoms with van der Waals surface area (Å²) in [6.45, 7) is 1.32. The molecule has 0 spiro atoms. The summed E-state index contributed by atoms with van der Waals surface area (Å²) in [5, 5.41) is 7.67. The highest BCUT2D eigenvalue weighted by molar-refractivity contribution is 14.0. The van der Waals surface area contributed by atoms with Gasteiger partial charge in [0.25, 0.3) is 0 Å². The van der Waals surface area contributed by atoms with Gasteiger partial charge in [-0.25, -0.2) is 4.98 Å². The molecular formula is C17H21Cl2IN4O. The maximum atomic E-state index is 5.97. The fourth-order valence-electron chi connectivity index (χ4n) is 2.14. The van der Waals surface area contributed by atoms with Crippen LogP contribution in [0.1, 0.15) is 11.1 Å². The third-order valence-corrected chi connectivity index (χ3v) is 3.87. The SMILES string of the molecule is CN=C(NCCc1ccc(Cl)nc1)NCc1ccc(Cl)cc1OC.I. The van der Waals surface area contributed by atoms with Crippen LogP contribution in [-0.4, -0.2) is 31.6 Å². The first-order valence-electron chi connectivity index (χ1n) is 7.49. The Hall–Kier alpha value is -1.25. The second kappa shape index (κ2) is 11.4. The van der Waals surface area contributed by atoms with Crippen molar-refractivity contribution in [1.29, 1.82) is 0 Å². The number of methoxy groups -OCH3 is 1. The van der Waals surface area contributed by atoms with E-state index < -0.39 is 0 Å². The highest BCUT2D eigenvalue weighted by Crippen LogP contribution is 2.22. The summed E-state index contributed by atoms with van der Waals surface area (Å²) in [5.41, 5.74) is 2.12. The maximum absolute atomic E-state index is 5.97. The molecule has 0 amide bonds. The van der Waals surface area contributed by atoms with Crippen molar-refractivity contribution in [2.24, 2.45) is 4.99 Å². The van der Waals surface area contributed by atoms with E-state index >= 15 is 0 Å². The van der Waals surface area contributed by atoms with E-state index in [0.717, 1.165) is 29.8 Å². The average Bonchev–Trinajstić information content (AvgIpc) is 2.60. The first-order valence-corrected chi connectivity index (χ1v) is 8.25. The summed E-state index contributed by atoms with van der Waals surface area (Å²) in [5.74, 6) is 1.46. The fraction of sp³-hybridized carbons (Fsp3) is 0.294. The normalized spacial score (nSPS) is 10.8. The molecular weight excluding hydrogens is 474 g/mol. The van der Waals surface area contributed by atoms with Crippen LogP contribution in [0.4, 0.5) is 0 Å². The Morgan fingerprint density at radius 3 is 2.64 bits per heavy atom. The van der Waals surface area contributed by atoms with E-state index in [2.05, 4.69) is 20.6 Å². The van der Waals surface area contributed by atoms with Crippen LogP contribution in [0, 0.1) is 0 Å². The largest absolute Gasteiger partial charge is 0.496 e. The molecule has 136 valence electrons. The highest BCUT2D eigenvalue weighted by Gasteiger charge is 2.05. The zero-order valence-corrected chi connectivity index (χ0v) is 17.9. The number of aromatic nitrogens is 1. The molecule has 1 aromatic heterocycles. The molecule has 0 saturated carbocycles. The van der Waals surface area contributed by atoms with Crippen molar-refractivity contribution in [2.75, 3.05) is 20.7 Å². The second-order valence-corrected chi connectivity index (χ2v) is 5.87.